The number of aromatic carboxylic acids is 1. The number of carboxylic acids is 1. The molecule has 2 amide bonds. The maximum Gasteiger partial charge on any atom is 0.337 e. The van der Waals surface area contributed by atoms with E-state index in [0.29, 0.717) is 6.54 Å². The van der Waals surface area contributed by atoms with Gasteiger partial charge in [0.15, 0.2) is 0 Å². The van der Waals surface area contributed by atoms with Crippen molar-refractivity contribution in [3.63, 3.8) is 0 Å². The second-order valence-electron chi connectivity index (χ2n) is 4.82. The Kier molecular flexibility index (Phi) is 4.57. The zero-order valence-electron chi connectivity index (χ0n) is 11.3. The molecule has 6 nitrogen and oxygen atoms in total. The lowest BCUT2D eigenvalue weighted by molar-refractivity contribution is 0.0698. The first-order valence-electron chi connectivity index (χ1n) is 6.56. The van der Waals surface area contributed by atoms with Crippen molar-refractivity contribution in [2.75, 3.05) is 18.5 Å². The number of hydrogen-bond acceptors (Lipinski definition) is 3. The molecule has 20 heavy (non-hydrogen) atoms. The fraction of sp³-hybridized carbons (Fsp3) is 0.429. The van der Waals surface area contributed by atoms with Crippen LogP contribution in [0.2, 0.25) is 0 Å². The van der Waals surface area contributed by atoms with E-state index >= 15 is 0 Å². The van der Waals surface area contributed by atoms with E-state index in [1.54, 1.807) is 19.1 Å². The van der Waals surface area contributed by atoms with Gasteiger partial charge in [0.05, 0.1) is 17.4 Å². The quantitative estimate of drug-likeness (QED) is 0.786. The fourth-order valence-electron chi connectivity index (χ4n) is 2.12. The number of benzene rings is 1. The maximum atomic E-state index is 11.8. The molecule has 1 heterocycles. The minimum Gasteiger partial charge on any atom is -0.478 e. The van der Waals surface area contributed by atoms with Gasteiger partial charge in [-0.2, -0.15) is 0 Å². The third kappa shape index (κ3) is 3.71. The molecule has 1 aliphatic heterocycles. The summed E-state index contributed by atoms with van der Waals surface area (Å²) >= 11 is 0. The van der Waals surface area contributed by atoms with E-state index in [4.69, 9.17) is 9.84 Å². The number of carbonyl (C=O) groups is 2. The van der Waals surface area contributed by atoms with Gasteiger partial charge in [0, 0.05) is 13.2 Å². The van der Waals surface area contributed by atoms with Crippen molar-refractivity contribution in [2.45, 2.75) is 25.9 Å². The Labute approximate surface area is 117 Å². The standard InChI is InChI=1S/C14H18N2O4/c1-9-4-5-12(11(7-9)13(17)18)16-14(19)15-8-10-3-2-6-20-10/h4-5,7,10H,2-3,6,8H2,1H3,(H,17,18)(H2,15,16,19). The molecule has 1 aromatic rings. The minimum absolute atomic E-state index is 0.0534. The number of urea groups is 1. The summed E-state index contributed by atoms with van der Waals surface area (Å²) in [7, 11) is 0. The Hall–Kier alpha value is -2.08. The highest BCUT2D eigenvalue weighted by Crippen LogP contribution is 2.17. The molecule has 108 valence electrons. The molecule has 0 bridgehead atoms. The Morgan fingerprint density at radius 2 is 2.25 bits per heavy atom. The molecule has 1 unspecified atom stereocenters. The molecule has 6 heteroatoms. The topological polar surface area (TPSA) is 87.7 Å². The zero-order chi connectivity index (χ0) is 14.5. The van der Waals surface area contributed by atoms with Crippen LogP contribution in [-0.2, 0) is 4.74 Å². The van der Waals surface area contributed by atoms with Crippen molar-refractivity contribution >= 4 is 17.7 Å². The van der Waals surface area contributed by atoms with E-state index in [-0.39, 0.29) is 17.4 Å². The first kappa shape index (κ1) is 14.3. The van der Waals surface area contributed by atoms with Crippen LogP contribution in [0.15, 0.2) is 18.2 Å². The average Bonchev–Trinajstić information content (AvgIpc) is 2.91. The molecular weight excluding hydrogens is 260 g/mol. The Bertz CT molecular complexity index is 510. The lowest BCUT2D eigenvalue weighted by Gasteiger charge is -2.13. The number of aryl methyl sites for hydroxylation is 1. The van der Waals surface area contributed by atoms with Gasteiger partial charge in [0.25, 0.3) is 0 Å². The van der Waals surface area contributed by atoms with Crippen LogP contribution < -0.4 is 10.6 Å². The average molecular weight is 278 g/mol. The first-order valence-corrected chi connectivity index (χ1v) is 6.56. The van der Waals surface area contributed by atoms with Gasteiger partial charge in [-0.3, -0.25) is 0 Å². The molecule has 1 aliphatic rings. The normalized spacial score (nSPS) is 17.8. The highest BCUT2D eigenvalue weighted by atomic mass is 16.5. The largest absolute Gasteiger partial charge is 0.478 e. The summed E-state index contributed by atoms with van der Waals surface area (Å²) in [6.07, 6.45) is 2.00. The number of rotatable bonds is 4. The van der Waals surface area contributed by atoms with Crippen molar-refractivity contribution < 1.29 is 19.4 Å². The van der Waals surface area contributed by atoms with Crippen LogP contribution in [0.3, 0.4) is 0 Å². The molecule has 1 aromatic carbocycles. The van der Waals surface area contributed by atoms with Gasteiger partial charge in [0.2, 0.25) is 0 Å². The predicted octanol–water partition coefficient (Wildman–Crippen LogP) is 1.99. The summed E-state index contributed by atoms with van der Waals surface area (Å²) in [6.45, 7) is 2.96. The summed E-state index contributed by atoms with van der Waals surface area (Å²) < 4.78 is 5.39. The minimum atomic E-state index is -1.07. The van der Waals surface area contributed by atoms with Crippen molar-refractivity contribution in [1.82, 2.24) is 5.32 Å². The van der Waals surface area contributed by atoms with Crippen molar-refractivity contribution in [2.24, 2.45) is 0 Å². The summed E-state index contributed by atoms with van der Waals surface area (Å²) in [5.74, 6) is -1.07. The maximum absolute atomic E-state index is 11.8. The van der Waals surface area contributed by atoms with E-state index < -0.39 is 12.0 Å². The van der Waals surface area contributed by atoms with Crippen molar-refractivity contribution in [1.29, 1.82) is 0 Å². The third-order valence-corrected chi connectivity index (χ3v) is 3.17. The molecular formula is C14H18N2O4. The van der Waals surface area contributed by atoms with Gasteiger partial charge in [-0.05, 0) is 31.9 Å². The van der Waals surface area contributed by atoms with Gasteiger partial charge in [-0.25, -0.2) is 9.59 Å². The summed E-state index contributed by atoms with van der Waals surface area (Å²) in [4.78, 5) is 22.9. The molecule has 0 aliphatic carbocycles. The summed E-state index contributed by atoms with van der Waals surface area (Å²) in [6, 6.07) is 4.44. The molecule has 3 N–H and O–H groups in total. The monoisotopic (exact) mass is 278 g/mol. The Balaban J connectivity index is 1.94. The molecule has 1 fully saturated rings. The van der Waals surface area contributed by atoms with Gasteiger partial charge >= 0.3 is 12.0 Å². The van der Waals surface area contributed by atoms with Gasteiger partial charge < -0.3 is 20.5 Å². The lowest BCUT2D eigenvalue weighted by Crippen LogP contribution is -2.35. The highest BCUT2D eigenvalue weighted by molar-refractivity contribution is 6.00. The fourth-order valence-corrected chi connectivity index (χ4v) is 2.12. The van der Waals surface area contributed by atoms with Crippen LogP contribution in [0.1, 0.15) is 28.8 Å². The number of nitrogens with one attached hydrogen (secondary N) is 2. The van der Waals surface area contributed by atoms with E-state index in [2.05, 4.69) is 10.6 Å². The smallest absolute Gasteiger partial charge is 0.337 e. The number of carbonyl (C=O) groups excluding carboxylic acids is 1. The number of anilines is 1. The number of amides is 2. The van der Waals surface area contributed by atoms with Crippen LogP contribution in [0.4, 0.5) is 10.5 Å². The molecule has 1 saturated heterocycles. The highest BCUT2D eigenvalue weighted by Gasteiger charge is 2.17. The van der Waals surface area contributed by atoms with Gasteiger partial charge in [0.1, 0.15) is 0 Å². The van der Waals surface area contributed by atoms with Crippen molar-refractivity contribution in [3.05, 3.63) is 29.3 Å². The van der Waals surface area contributed by atoms with Crippen LogP contribution in [-0.4, -0.2) is 36.4 Å². The number of ether oxygens (including phenoxy) is 1. The van der Waals surface area contributed by atoms with Crippen LogP contribution in [0.5, 0.6) is 0 Å². The van der Waals surface area contributed by atoms with Crippen LogP contribution >= 0.6 is 0 Å². The first-order chi connectivity index (χ1) is 9.56. The number of carboxylic acid groups (broad SMARTS) is 1. The molecule has 2 rings (SSSR count). The summed E-state index contributed by atoms with van der Waals surface area (Å²) in [5.41, 5.74) is 1.19. The SMILES string of the molecule is Cc1ccc(NC(=O)NCC2CCCO2)c(C(=O)O)c1. The molecule has 0 saturated carbocycles. The van der Waals surface area contributed by atoms with Gasteiger partial charge in [-0.15, -0.1) is 0 Å². The summed E-state index contributed by atoms with van der Waals surface area (Å²) in [5, 5.41) is 14.4. The number of hydrogen-bond donors (Lipinski definition) is 3. The molecule has 1 atom stereocenters. The van der Waals surface area contributed by atoms with Crippen LogP contribution in [0.25, 0.3) is 0 Å². The van der Waals surface area contributed by atoms with E-state index in [9.17, 15) is 9.59 Å². The van der Waals surface area contributed by atoms with Gasteiger partial charge in [-0.1, -0.05) is 11.6 Å². The lowest BCUT2D eigenvalue weighted by atomic mass is 10.1. The van der Waals surface area contributed by atoms with Crippen LogP contribution in [0, 0.1) is 6.92 Å². The molecule has 0 radical (unpaired) electrons. The second kappa shape index (κ2) is 6.38. The van der Waals surface area contributed by atoms with E-state index in [1.807, 2.05) is 0 Å². The second-order valence-corrected chi connectivity index (χ2v) is 4.82. The zero-order valence-corrected chi connectivity index (χ0v) is 11.3. The predicted molar refractivity (Wildman–Crippen MR) is 74.1 cm³/mol. The van der Waals surface area contributed by atoms with E-state index in [0.717, 1.165) is 25.0 Å². The molecule has 0 aromatic heterocycles. The van der Waals surface area contributed by atoms with E-state index in [1.165, 1.54) is 6.07 Å². The van der Waals surface area contributed by atoms with Crippen molar-refractivity contribution in [3.8, 4) is 0 Å². The Morgan fingerprint density at radius 1 is 1.45 bits per heavy atom. The Morgan fingerprint density at radius 3 is 2.90 bits per heavy atom. The molecule has 0 spiro atoms. The third-order valence-electron chi connectivity index (χ3n) is 3.17.